The molecule has 0 spiro atoms. The van der Waals surface area contributed by atoms with E-state index in [9.17, 15) is 0 Å². The van der Waals surface area contributed by atoms with E-state index < -0.39 is 0 Å². The molecular weight excluding hydrogens is 214 g/mol. The molecule has 3 rings (SSSR count). The van der Waals surface area contributed by atoms with E-state index >= 15 is 0 Å². The van der Waals surface area contributed by atoms with Crippen LogP contribution in [-0.2, 0) is 10.2 Å². The minimum absolute atomic E-state index is 0.0322. The zero-order chi connectivity index (χ0) is 11.9. The summed E-state index contributed by atoms with van der Waals surface area (Å²) >= 11 is 0. The molecule has 3 unspecified atom stereocenters. The molecule has 0 amide bonds. The maximum absolute atomic E-state index is 6.08. The monoisotopic (exact) mass is 233 g/mol. The largest absolute Gasteiger partial charge is 0.496 e. The smallest absolute Gasteiger partial charge is 0.122 e. The number of rotatable bonds is 3. The van der Waals surface area contributed by atoms with Crippen LogP contribution in [0.25, 0.3) is 0 Å². The molecule has 0 radical (unpaired) electrons. The van der Waals surface area contributed by atoms with Crippen molar-refractivity contribution in [3.63, 3.8) is 0 Å². The number of hydrogen-bond acceptors (Lipinski definition) is 3. The summed E-state index contributed by atoms with van der Waals surface area (Å²) in [6.45, 7) is 0.633. The van der Waals surface area contributed by atoms with Crippen molar-refractivity contribution in [3.8, 4) is 5.75 Å². The number of hydrogen-bond donors (Lipinski definition) is 1. The van der Waals surface area contributed by atoms with Gasteiger partial charge in [-0.1, -0.05) is 18.2 Å². The lowest BCUT2D eigenvalue weighted by Gasteiger charge is -2.35. The Balaban J connectivity index is 2.06. The van der Waals surface area contributed by atoms with Crippen molar-refractivity contribution in [3.05, 3.63) is 29.8 Å². The van der Waals surface area contributed by atoms with E-state index in [1.54, 1.807) is 7.11 Å². The maximum Gasteiger partial charge on any atom is 0.122 e. The first-order chi connectivity index (χ1) is 8.30. The Labute approximate surface area is 102 Å². The van der Waals surface area contributed by atoms with Crippen LogP contribution in [0.3, 0.4) is 0 Å². The third-order valence-electron chi connectivity index (χ3n) is 4.32. The quantitative estimate of drug-likeness (QED) is 0.866. The van der Waals surface area contributed by atoms with Crippen LogP contribution in [0, 0.1) is 0 Å². The van der Waals surface area contributed by atoms with Gasteiger partial charge >= 0.3 is 0 Å². The molecule has 3 nitrogen and oxygen atoms in total. The Bertz CT molecular complexity index is 420. The Morgan fingerprint density at radius 3 is 2.82 bits per heavy atom. The Kier molecular flexibility index (Phi) is 2.60. The van der Waals surface area contributed by atoms with Crippen molar-refractivity contribution in [1.82, 2.24) is 0 Å². The van der Waals surface area contributed by atoms with Crippen molar-refractivity contribution < 1.29 is 9.47 Å². The Morgan fingerprint density at radius 1 is 1.41 bits per heavy atom. The van der Waals surface area contributed by atoms with E-state index in [0.717, 1.165) is 18.6 Å². The summed E-state index contributed by atoms with van der Waals surface area (Å²) in [6.07, 6.45) is 4.01. The van der Waals surface area contributed by atoms with Gasteiger partial charge in [0.05, 0.1) is 19.3 Å². The molecule has 2 fully saturated rings. The highest BCUT2D eigenvalue weighted by molar-refractivity contribution is 5.42. The fourth-order valence-corrected chi connectivity index (χ4v) is 3.46. The number of para-hydroxylation sites is 1. The third kappa shape index (κ3) is 1.49. The molecule has 0 aromatic heterocycles. The highest BCUT2D eigenvalue weighted by Gasteiger charge is 2.53. The second-order valence-electron chi connectivity index (χ2n) is 5.09. The SMILES string of the molecule is COc1ccccc1C1(CN)CC2CCC1O2. The molecule has 0 aliphatic carbocycles. The Hall–Kier alpha value is -1.06. The molecular formula is C14H19NO2. The highest BCUT2D eigenvalue weighted by atomic mass is 16.5. The second-order valence-corrected chi connectivity index (χ2v) is 5.09. The molecule has 0 saturated carbocycles. The summed E-state index contributed by atoms with van der Waals surface area (Å²) in [7, 11) is 1.72. The van der Waals surface area contributed by atoms with Crippen LogP contribution < -0.4 is 10.5 Å². The summed E-state index contributed by atoms with van der Waals surface area (Å²) in [5.41, 5.74) is 7.26. The van der Waals surface area contributed by atoms with Crippen molar-refractivity contribution in [2.75, 3.05) is 13.7 Å². The number of nitrogens with two attached hydrogens (primary N) is 1. The summed E-state index contributed by atoms with van der Waals surface area (Å²) in [6, 6.07) is 8.20. The minimum Gasteiger partial charge on any atom is -0.496 e. The van der Waals surface area contributed by atoms with Crippen molar-refractivity contribution in [2.45, 2.75) is 36.9 Å². The Morgan fingerprint density at radius 2 is 2.24 bits per heavy atom. The summed E-state index contributed by atoms with van der Waals surface area (Å²) < 4.78 is 11.5. The average Bonchev–Trinajstić information content (AvgIpc) is 2.99. The van der Waals surface area contributed by atoms with E-state index in [-0.39, 0.29) is 11.5 Å². The number of ether oxygens (including phenoxy) is 2. The molecule has 1 aromatic carbocycles. The lowest BCUT2D eigenvalue weighted by atomic mass is 9.69. The van der Waals surface area contributed by atoms with E-state index in [0.29, 0.717) is 12.6 Å². The number of fused-ring (bicyclic) bond motifs is 2. The average molecular weight is 233 g/mol. The van der Waals surface area contributed by atoms with E-state index in [1.807, 2.05) is 12.1 Å². The molecule has 3 atom stereocenters. The first-order valence-electron chi connectivity index (χ1n) is 6.29. The van der Waals surface area contributed by atoms with Crippen LogP contribution in [0.2, 0.25) is 0 Å². The van der Waals surface area contributed by atoms with E-state index in [4.69, 9.17) is 15.2 Å². The summed E-state index contributed by atoms with van der Waals surface area (Å²) in [5.74, 6) is 0.939. The topological polar surface area (TPSA) is 44.5 Å². The van der Waals surface area contributed by atoms with Gasteiger partial charge < -0.3 is 15.2 Å². The zero-order valence-corrected chi connectivity index (χ0v) is 10.2. The lowest BCUT2D eigenvalue weighted by Crippen LogP contribution is -2.44. The van der Waals surface area contributed by atoms with Gasteiger partial charge in [0.2, 0.25) is 0 Å². The van der Waals surface area contributed by atoms with Gasteiger partial charge in [-0.25, -0.2) is 0 Å². The summed E-state index contributed by atoms with van der Waals surface area (Å²) in [5, 5.41) is 0. The van der Waals surface area contributed by atoms with Crippen LogP contribution in [-0.4, -0.2) is 25.9 Å². The fraction of sp³-hybridized carbons (Fsp3) is 0.571. The van der Waals surface area contributed by atoms with Gasteiger partial charge in [0.25, 0.3) is 0 Å². The van der Waals surface area contributed by atoms with Crippen LogP contribution in [0.5, 0.6) is 5.75 Å². The third-order valence-corrected chi connectivity index (χ3v) is 4.32. The lowest BCUT2D eigenvalue weighted by molar-refractivity contribution is 0.0851. The molecule has 2 heterocycles. The molecule has 2 aliphatic heterocycles. The molecule has 92 valence electrons. The van der Waals surface area contributed by atoms with Crippen LogP contribution in [0.4, 0.5) is 0 Å². The fourth-order valence-electron chi connectivity index (χ4n) is 3.46. The molecule has 1 aromatic rings. The van der Waals surface area contributed by atoms with Gasteiger partial charge in [0, 0.05) is 17.5 Å². The summed E-state index contributed by atoms with van der Waals surface area (Å²) in [4.78, 5) is 0. The molecule has 2 bridgehead atoms. The molecule has 3 heteroatoms. The molecule has 2 saturated heterocycles. The van der Waals surface area contributed by atoms with Gasteiger partial charge in [0.15, 0.2) is 0 Å². The first-order valence-corrected chi connectivity index (χ1v) is 6.29. The molecule has 2 N–H and O–H groups in total. The standard InChI is InChI=1S/C14H19NO2/c1-16-12-5-3-2-4-11(12)14(9-15)8-10-6-7-13(14)17-10/h2-5,10,13H,6-9,15H2,1H3. The van der Waals surface area contributed by atoms with Gasteiger partial charge in [-0.05, 0) is 25.3 Å². The van der Waals surface area contributed by atoms with E-state index in [2.05, 4.69) is 12.1 Å². The van der Waals surface area contributed by atoms with Crippen molar-refractivity contribution in [2.24, 2.45) is 5.73 Å². The van der Waals surface area contributed by atoms with E-state index in [1.165, 1.54) is 12.0 Å². The van der Waals surface area contributed by atoms with Gasteiger partial charge in [-0.3, -0.25) is 0 Å². The van der Waals surface area contributed by atoms with Gasteiger partial charge in [0.1, 0.15) is 5.75 Å². The van der Waals surface area contributed by atoms with Crippen LogP contribution >= 0.6 is 0 Å². The van der Waals surface area contributed by atoms with Crippen LogP contribution in [0.1, 0.15) is 24.8 Å². The second kappa shape index (κ2) is 4.00. The molecule has 2 aliphatic rings. The van der Waals surface area contributed by atoms with Gasteiger partial charge in [-0.2, -0.15) is 0 Å². The van der Waals surface area contributed by atoms with Crippen LogP contribution in [0.15, 0.2) is 24.3 Å². The highest BCUT2D eigenvalue weighted by Crippen LogP contribution is 2.50. The maximum atomic E-state index is 6.08. The minimum atomic E-state index is -0.0322. The number of benzene rings is 1. The predicted octanol–water partition coefficient (Wildman–Crippen LogP) is 1.84. The predicted molar refractivity (Wildman–Crippen MR) is 66.2 cm³/mol. The van der Waals surface area contributed by atoms with Crippen molar-refractivity contribution in [1.29, 1.82) is 0 Å². The first kappa shape index (κ1) is 11.1. The molecule has 17 heavy (non-hydrogen) atoms. The zero-order valence-electron chi connectivity index (χ0n) is 10.2. The normalized spacial score (nSPS) is 35.2. The van der Waals surface area contributed by atoms with Crippen molar-refractivity contribution >= 4 is 0 Å². The number of methoxy groups -OCH3 is 1. The van der Waals surface area contributed by atoms with Gasteiger partial charge in [-0.15, -0.1) is 0 Å².